The number of para-hydroxylation sites is 2. The number of phosphoric acid groups is 1. The van der Waals surface area contributed by atoms with Crippen LogP contribution in [-0.2, 0) is 18.1 Å². The quantitative estimate of drug-likeness (QED) is 0.410. The van der Waals surface area contributed by atoms with Gasteiger partial charge in [-0.3, -0.25) is 9.05 Å². The molecular formula is C18H29N2O4P. The van der Waals surface area contributed by atoms with Gasteiger partial charge in [0.25, 0.3) is 5.85 Å². The van der Waals surface area contributed by atoms with Crippen LogP contribution in [0.3, 0.4) is 0 Å². The van der Waals surface area contributed by atoms with Gasteiger partial charge in [0, 0.05) is 6.42 Å². The van der Waals surface area contributed by atoms with Crippen LogP contribution in [0.2, 0.25) is 0 Å². The predicted octanol–water partition coefficient (Wildman–Crippen LogP) is 4.15. The molecule has 0 fully saturated rings. The van der Waals surface area contributed by atoms with Gasteiger partial charge in [0.15, 0.2) is 0 Å². The van der Waals surface area contributed by atoms with Crippen LogP contribution < -0.4 is 10.7 Å². The molecule has 0 aliphatic carbocycles. The molecule has 0 spiro atoms. The van der Waals surface area contributed by atoms with Crippen LogP contribution in [0, 0.1) is 0 Å². The summed E-state index contributed by atoms with van der Waals surface area (Å²) in [4.78, 5) is 9.19. The average molecular weight is 368 g/mol. The van der Waals surface area contributed by atoms with Crippen molar-refractivity contribution < 1.29 is 18.1 Å². The summed E-state index contributed by atoms with van der Waals surface area (Å²) >= 11 is 0. The first kappa shape index (κ1) is 20.2. The predicted molar refractivity (Wildman–Crippen MR) is 96.8 cm³/mol. The molecule has 0 N–H and O–H groups in total. The van der Waals surface area contributed by atoms with Gasteiger partial charge in [-0.2, -0.15) is 0 Å². The number of nitrogens with zero attached hydrogens (tertiary/aromatic N) is 2. The SMILES string of the molecule is CCCCOP(=O)(OCCCC)OC1(CCC)N=c2ccccc2=N1. The minimum absolute atomic E-state index is 0.328. The summed E-state index contributed by atoms with van der Waals surface area (Å²) in [5.41, 5.74) is 0. The smallest absolute Gasteiger partial charge is 0.287 e. The molecule has 0 unspecified atom stereocenters. The van der Waals surface area contributed by atoms with Gasteiger partial charge >= 0.3 is 7.82 Å². The zero-order valence-electron chi connectivity index (χ0n) is 15.4. The van der Waals surface area contributed by atoms with Crippen molar-refractivity contribution in [1.82, 2.24) is 0 Å². The Morgan fingerprint density at radius 3 is 1.88 bits per heavy atom. The molecule has 25 heavy (non-hydrogen) atoms. The molecule has 0 aromatic heterocycles. The van der Waals surface area contributed by atoms with E-state index in [0.717, 1.165) is 42.8 Å². The van der Waals surface area contributed by atoms with Gasteiger partial charge in [-0.25, -0.2) is 19.1 Å². The third-order valence-corrected chi connectivity index (χ3v) is 5.31. The van der Waals surface area contributed by atoms with Crippen LogP contribution >= 0.6 is 7.82 Å². The van der Waals surface area contributed by atoms with Crippen molar-refractivity contribution >= 4 is 7.82 Å². The van der Waals surface area contributed by atoms with E-state index in [1.165, 1.54) is 0 Å². The minimum atomic E-state index is -3.74. The van der Waals surface area contributed by atoms with E-state index in [9.17, 15) is 4.57 Å². The van der Waals surface area contributed by atoms with E-state index in [-0.39, 0.29) is 0 Å². The number of rotatable bonds is 12. The summed E-state index contributed by atoms with van der Waals surface area (Å²) < 4.78 is 30.1. The van der Waals surface area contributed by atoms with E-state index in [2.05, 4.69) is 9.98 Å². The van der Waals surface area contributed by atoms with Gasteiger partial charge in [0.05, 0.1) is 23.9 Å². The molecule has 1 aromatic carbocycles. The van der Waals surface area contributed by atoms with Gasteiger partial charge in [-0.15, -0.1) is 0 Å². The zero-order chi connectivity index (χ0) is 18.2. The third kappa shape index (κ3) is 5.71. The van der Waals surface area contributed by atoms with Crippen molar-refractivity contribution in [1.29, 1.82) is 0 Å². The molecule has 140 valence electrons. The van der Waals surface area contributed by atoms with E-state index < -0.39 is 13.7 Å². The molecule has 0 bridgehead atoms. The van der Waals surface area contributed by atoms with Crippen molar-refractivity contribution in [2.45, 2.75) is 65.1 Å². The Hall–Kier alpha value is -1.07. The average Bonchev–Trinajstić information content (AvgIpc) is 2.93. The fourth-order valence-electron chi connectivity index (χ4n) is 2.49. The lowest BCUT2D eigenvalue weighted by atomic mass is 10.2. The molecule has 7 heteroatoms. The second kappa shape index (κ2) is 9.58. The Bertz CT molecular complexity index is 658. The van der Waals surface area contributed by atoms with Crippen LogP contribution in [0.1, 0.15) is 59.3 Å². The Labute approximate surface area is 149 Å². The highest BCUT2D eigenvalue weighted by molar-refractivity contribution is 7.48. The highest BCUT2D eigenvalue weighted by Crippen LogP contribution is 2.54. The number of unbranched alkanes of at least 4 members (excludes halogenated alkanes) is 2. The van der Waals surface area contributed by atoms with Gasteiger partial charge < -0.3 is 0 Å². The second-order valence-electron chi connectivity index (χ2n) is 6.12. The van der Waals surface area contributed by atoms with Crippen LogP contribution in [-0.4, -0.2) is 19.1 Å². The Morgan fingerprint density at radius 2 is 1.44 bits per heavy atom. The standard InChI is InChI=1S/C18H29N2O4P/c1-4-7-14-22-25(21,23-15-8-5-2)24-18(13-6-3)19-16-11-9-10-12-17(16)20-18/h9-12H,4-8,13-15H2,1-3H3. The first-order chi connectivity index (χ1) is 12.1. The largest absolute Gasteiger partial charge is 0.478 e. The van der Waals surface area contributed by atoms with Crippen molar-refractivity contribution in [2.75, 3.05) is 13.2 Å². The summed E-state index contributed by atoms with van der Waals surface area (Å²) in [5.74, 6) is -1.23. The Morgan fingerprint density at radius 1 is 0.920 bits per heavy atom. The van der Waals surface area contributed by atoms with Crippen molar-refractivity contribution in [3.63, 3.8) is 0 Å². The van der Waals surface area contributed by atoms with Gasteiger partial charge in [-0.05, 0) is 31.4 Å². The molecule has 0 saturated heterocycles. The summed E-state index contributed by atoms with van der Waals surface area (Å²) in [5, 5.41) is 1.48. The third-order valence-electron chi connectivity index (χ3n) is 3.80. The van der Waals surface area contributed by atoms with Gasteiger partial charge in [0.2, 0.25) is 0 Å². The van der Waals surface area contributed by atoms with Crippen molar-refractivity contribution in [3.8, 4) is 0 Å². The molecule has 1 aliphatic heterocycles. The molecule has 1 heterocycles. The Balaban J connectivity index is 2.24. The fourth-order valence-corrected chi connectivity index (χ4v) is 3.91. The number of benzene rings is 1. The molecule has 6 nitrogen and oxygen atoms in total. The summed E-state index contributed by atoms with van der Waals surface area (Å²) in [6.45, 7) is 6.76. The lowest BCUT2D eigenvalue weighted by Crippen LogP contribution is -2.27. The monoisotopic (exact) mass is 368 g/mol. The lowest BCUT2D eigenvalue weighted by Gasteiger charge is -2.27. The van der Waals surface area contributed by atoms with E-state index in [4.69, 9.17) is 13.6 Å². The van der Waals surface area contributed by atoms with Crippen molar-refractivity contribution in [2.24, 2.45) is 9.98 Å². The minimum Gasteiger partial charge on any atom is -0.287 e. The topological polar surface area (TPSA) is 69.5 Å². The first-order valence-corrected chi connectivity index (χ1v) is 10.7. The Kier molecular flexibility index (Phi) is 7.76. The first-order valence-electron chi connectivity index (χ1n) is 9.21. The maximum Gasteiger partial charge on any atom is 0.478 e. The summed E-state index contributed by atoms with van der Waals surface area (Å²) in [6, 6.07) is 7.55. The fraction of sp³-hybridized carbons (Fsp3) is 0.667. The van der Waals surface area contributed by atoms with Crippen LogP contribution in [0.25, 0.3) is 0 Å². The zero-order valence-corrected chi connectivity index (χ0v) is 16.3. The number of hydrogen-bond acceptors (Lipinski definition) is 6. The maximum atomic E-state index is 13.2. The summed E-state index contributed by atoms with van der Waals surface area (Å²) in [7, 11) is -3.74. The molecule has 1 aromatic rings. The molecule has 2 rings (SSSR count). The van der Waals surface area contributed by atoms with Gasteiger partial charge in [-0.1, -0.05) is 45.7 Å². The van der Waals surface area contributed by atoms with Crippen LogP contribution in [0.4, 0.5) is 0 Å². The van der Waals surface area contributed by atoms with Crippen molar-refractivity contribution in [3.05, 3.63) is 35.0 Å². The highest BCUT2D eigenvalue weighted by atomic mass is 31.2. The number of fused-ring (bicyclic) bond motifs is 1. The van der Waals surface area contributed by atoms with Crippen LogP contribution in [0.5, 0.6) is 0 Å². The molecular weight excluding hydrogens is 339 g/mol. The second-order valence-corrected chi connectivity index (χ2v) is 7.71. The number of hydrogen-bond donors (Lipinski definition) is 0. The van der Waals surface area contributed by atoms with Crippen LogP contribution in [0.15, 0.2) is 34.3 Å². The number of phosphoric ester groups is 1. The lowest BCUT2D eigenvalue weighted by molar-refractivity contribution is 0.0121. The molecule has 0 saturated carbocycles. The highest BCUT2D eigenvalue weighted by Gasteiger charge is 2.42. The van der Waals surface area contributed by atoms with E-state index in [1.54, 1.807) is 0 Å². The molecule has 0 radical (unpaired) electrons. The van der Waals surface area contributed by atoms with E-state index >= 15 is 0 Å². The molecule has 0 amide bonds. The maximum absolute atomic E-state index is 13.2. The normalized spacial score (nSPS) is 15.5. The molecule has 0 atom stereocenters. The van der Waals surface area contributed by atoms with E-state index in [1.807, 2.05) is 45.0 Å². The van der Waals surface area contributed by atoms with Gasteiger partial charge in [0.1, 0.15) is 0 Å². The summed E-state index contributed by atoms with van der Waals surface area (Å²) in [6.07, 6.45) is 4.76. The van der Waals surface area contributed by atoms with E-state index in [0.29, 0.717) is 19.6 Å². The molecule has 1 aliphatic rings.